The minimum atomic E-state index is 0.561. The van der Waals surface area contributed by atoms with E-state index in [0.717, 1.165) is 26.8 Å². The molecule has 0 fully saturated rings. The van der Waals surface area contributed by atoms with E-state index in [1.165, 1.54) is 0 Å². The number of aromatic amines is 1. The van der Waals surface area contributed by atoms with Gasteiger partial charge in [0.2, 0.25) is 0 Å². The Balaban J connectivity index is 2.59. The van der Waals surface area contributed by atoms with Crippen LogP contribution in [0.1, 0.15) is 16.3 Å². The number of anilines is 1. The molecular formula is C9H12N4S. The van der Waals surface area contributed by atoms with Gasteiger partial charge in [-0.1, -0.05) is 0 Å². The van der Waals surface area contributed by atoms with Crippen LogP contribution < -0.4 is 5.73 Å². The van der Waals surface area contributed by atoms with Crippen LogP contribution in [0.3, 0.4) is 0 Å². The lowest BCUT2D eigenvalue weighted by Gasteiger charge is -1.95. The lowest BCUT2D eigenvalue weighted by Crippen LogP contribution is -1.86. The van der Waals surface area contributed by atoms with Crippen molar-refractivity contribution in [3.05, 3.63) is 16.3 Å². The Bertz CT molecular complexity index is 469. The number of aromatic nitrogens is 3. The number of rotatable bonds is 1. The molecule has 0 radical (unpaired) electrons. The first-order valence-corrected chi connectivity index (χ1v) is 5.16. The molecule has 0 aliphatic carbocycles. The van der Waals surface area contributed by atoms with Crippen LogP contribution in [0.4, 0.5) is 5.82 Å². The van der Waals surface area contributed by atoms with Crippen LogP contribution in [0.25, 0.3) is 10.6 Å². The molecule has 2 aromatic rings. The van der Waals surface area contributed by atoms with Gasteiger partial charge in [-0.05, 0) is 20.8 Å². The summed E-state index contributed by atoms with van der Waals surface area (Å²) in [5, 5.41) is 7.97. The van der Waals surface area contributed by atoms with Crippen LogP contribution >= 0.6 is 11.3 Å². The minimum absolute atomic E-state index is 0.561. The second-order valence-corrected chi connectivity index (χ2v) is 4.46. The fourth-order valence-electron chi connectivity index (χ4n) is 1.40. The van der Waals surface area contributed by atoms with Gasteiger partial charge in [0, 0.05) is 5.56 Å². The molecule has 0 saturated heterocycles. The van der Waals surface area contributed by atoms with Gasteiger partial charge < -0.3 is 5.73 Å². The summed E-state index contributed by atoms with van der Waals surface area (Å²) in [4.78, 5) is 5.50. The van der Waals surface area contributed by atoms with Crippen LogP contribution in [0, 0.1) is 20.8 Å². The average Bonchev–Trinajstić information content (AvgIpc) is 2.59. The molecule has 2 aromatic heterocycles. The standard InChI is InChI=1S/C9H12N4S/c1-4-7(12-13-9(4)10)8-5(2)11-6(3)14-8/h1-3H3,(H3,10,12,13). The summed E-state index contributed by atoms with van der Waals surface area (Å²) < 4.78 is 0. The molecule has 5 heteroatoms. The Kier molecular flexibility index (Phi) is 2.03. The van der Waals surface area contributed by atoms with Gasteiger partial charge in [-0.2, -0.15) is 5.10 Å². The molecule has 0 aliphatic heterocycles. The minimum Gasteiger partial charge on any atom is -0.382 e. The van der Waals surface area contributed by atoms with Gasteiger partial charge in [0.15, 0.2) is 0 Å². The molecule has 14 heavy (non-hydrogen) atoms. The third-order valence-corrected chi connectivity index (χ3v) is 3.27. The number of aryl methyl sites for hydroxylation is 2. The largest absolute Gasteiger partial charge is 0.382 e. The molecule has 2 rings (SSSR count). The van der Waals surface area contributed by atoms with Gasteiger partial charge in [0.1, 0.15) is 5.82 Å². The van der Waals surface area contributed by atoms with Crippen LogP contribution in [-0.2, 0) is 0 Å². The van der Waals surface area contributed by atoms with E-state index < -0.39 is 0 Å². The normalized spacial score (nSPS) is 10.8. The zero-order valence-corrected chi connectivity index (χ0v) is 9.20. The summed E-state index contributed by atoms with van der Waals surface area (Å²) in [6, 6.07) is 0. The molecule has 0 saturated carbocycles. The van der Waals surface area contributed by atoms with Crippen LogP contribution in [0.15, 0.2) is 0 Å². The zero-order valence-electron chi connectivity index (χ0n) is 8.38. The predicted molar refractivity (Wildman–Crippen MR) is 58.3 cm³/mol. The highest BCUT2D eigenvalue weighted by molar-refractivity contribution is 7.15. The van der Waals surface area contributed by atoms with Crippen LogP contribution in [0.5, 0.6) is 0 Å². The number of thiazole rings is 1. The summed E-state index contributed by atoms with van der Waals surface area (Å²) in [7, 11) is 0. The van der Waals surface area contributed by atoms with E-state index in [4.69, 9.17) is 5.73 Å². The maximum atomic E-state index is 5.68. The number of nitrogens with two attached hydrogens (primary N) is 1. The first kappa shape index (κ1) is 9.21. The summed E-state index contributed by atoms with van der Waals surface area (Å²) in [6.45, 7) is 5.95. The molecule has 0 atom stereocenters. The van der Waals surface area contributed by atoms with Crippen molar-refractivity contribution in [3.63, 3.8) is 0 Å². The van der Waals surface area contributed by atoms with Crippen molar-refractivity contribution in [2.45, 2.75) is 20.8 Å². The molecule has 2 heterocycles. The SMILES string of the molecule is Cc1nc(C)c(-c2[nH]nc(N)c2C)s1. The maximum Gasteiger partial charge on any atom is 0.148 e. The van der Waals surface area contributed by atoms with Crippen molar-refractivity contribution in [1.82, 2.24) is 15.2 Å². The highest BCUT2D eigenvalue weighted by Gasteiger charge is 2.13. The lowest BCUT2D eigenvalue weighted by atomic mass is 10.2. The van der Waals surface area contributed by atoms with Crippen molar-refractivity contribution in [2.24, 2.45) is 0 Å². The van der Waals surface area contributed by atoms with E-state index in [1.807, 2.05) is 20.8 Å². The van der Waals surface area contributed by atoms with E-state index in [9.17, 15) is 0 Å². The molecule has 0 unspecified atom stereocenters. The second kappa shape index (κ2) is 3.09. The smallest absolute Gasteiger partial charge is 0.148 e. The monoisotopic (exact) mass is 208 g/mol. The molecule has 4 nitrogen and oxygen atoms in total. The van der Waals surface area contributed by atoms with Crippen molar-refractivity contribution in [2.75, 3.05) is 5.73 Å². The zero-order chi connectivity index (χ0) is 10.3. The van der Waals surface area contributed by atoms with Gasteiger partial charge in [-0.25, -0.2) is 4.98 Å². The van der Waals surface area contributed by atoms with Crippen molar-refractivity contribution in [3.8, 4) is 10.6 Å². The Morgan fingerprint density at radius 2 is 2.00 bits per heavy atom. The quantitative estimate of drug-likeness (QED) is 0.753. The Morgan fingerprint density at radius 1 is 1.29 bits per heavy atom. The fourth-order valence-corrected chi connectivity index (χ4v) is 2.37. The topological polar surface area (TPSA) is 67.6 Å². The third-order valence-electron chi connectivity index (χ3n) is 2.18. The molecule has 0 aliphatic rings. The highest BCUT2D eigenvalue weighted by atomic mass is 32.1. The summed E-state index contributed by atoms with van der Waals surface area (Å²) in [6.07, 6.45) is 0. The van der Waals surface area contributed by atoms with Gasteiger partial charge in [-0.15, -0.1) is 11.3 Å². The molecule has 0 spiro atoms. The Hall–Kier alpha value is -1.36. The number of hydrogen-bond acceptors (Lipinski definition) is 4. The summed E-state index contributed by atoms with van der Waals surface area (Å²) in [5.74, 6) is 0.561. The van der Waals surface area contributed by atoms with Gasteiger partial charge in [0.25, 0.3) is 0 Å². The number of H-pyrrole nitrogens is 1. The molecule has 0 bridgehead atoms. The van der Waals surface area contributed by atoms with E-state index in [2.05, 4.69) is 15.2 Å². The van der Waals surface area contributed by atoms with Gasteiger partial charge in [-0.3, -0.25) is 5.10 Å². The predicted octanol–water partition coefficient (Wildman–Crippen LogP) is 2.04. The van der Waals surface area contributed by atoms with E-state index in [0.29, 0.717) is 5.82 Å². The maximum absolute atomic E-state index is 5.68. The highest BCUT2D eigenvalue weighted by Crippen LogP contribution is 2.31. The molecule has 0 amide bonds. The summed E-state index contributed by atoms with van der Waals surface area (Å²) >= 11 is 1.66. The van der Waals surface area contributed by atoms with E-state index in [-0.39, 0.29) is 0 Å². The van der Waals surface area contributed by atoms with E-state index in [1.54, 1.807) is 11.3 Å². The number of hydrogen-bond donors (Lipinski definition) is 2. The number of nitrogens with one attached hydrogen (secondary N) is 1. The number of nitrogens with zero attached hydrogens (tertiary/aromatic N) is 2. The molecule has 0 aromatic carbocycles. The Labute approximate surface area is 86.2 Å². The van der Waals surface area contributed by atoms with Crippen LogP contribution in [-0.4, -0.2) is 15.2 Å². The molecular weight excluding hydrogens is 196 g/mol. The lowest BCUT2D eigenvalue weighted by molar-refractivity contribution is 1.10. The average molecular weight is 208 g/mol. The first-order valence-electron chi connectivity index (χ1n) is 4.34. The van der Waals surface area contributed by atoms with Gasteiger partial charge >= 0.3 is 0 Å². The fraction of sp³-hybridized carbons (Fsp3) is 0.333. The van der Waals surface area contributed by atoms with E-state index >= 15 is 0 Å². The van der Waals surface area contributed by atoms with Crippen molar-refractivity contribution in [1.29, 1.82) is 0 Å². The Morgan fingerprint density at radius 3 is 2.43 bits per heavy atom. The second-order valence-electron chi connectivity index (χ2n) is 3.26. The first-order chi connectivity index (χ1) is 6.59. The number of nitrogen functional groups attached to an aromatic ring is 1. The molecule has 3 N–H and O–H groups in total. The third kappa shape index (κ3) is 1.29. The van der Waals surface area contributed by atoms with Crippen molar-refractivity contribution < 1.29 is 0 Å². The summed E-state index contributed by atoms with van der Waals surface area (Å²) in [5.41, 5.74) is 8.69. The van der Waals surface area contributed by atoms with Crippen LogP contribution in [0.2, 0.25) is 0 Å². The van der Waals surface area contributed by atoms with Crippen molar-refractivity contribution >= 4 is 17.2 Å². The molecule has 74 valence electrons. The van der Waals surface area contributed by atoms with Gasteiger partial charge in [0.05, 0.1) is 21.3 Å².